The van der Waals surface area contributed by atoms with Gasteiger partial charge in [0.15, 0.2) is 0 Å². The molecule has 0 saturated heterocycles. The van der Waals surface area contributed by atoms with E-state index in [0.29, 0.717) is 5.92 Å². The Hall–Kier alpha value is -1.42. The maximum Gasteiger partial charge on any atom is 0.234 e. The van der Waals surface area contributed by atoms with Gasteiger partial charge in [-0.1, -0.05) is 68.7 Å². The second-order valence-corrected chi connectivity index (χ2v) is 6.45. The van der Waals surface area contributed by atoms with Crippen molar-refractivity contribution in [1.82, 2.24) is 5.32 Å². The lowest BCUT2D eigenvalue weighted by Gasteiger charge is -2.25. The lowest BCUT2D eigenvalue weighted by molar-refractivity contribution is -0.122. The van der Waals surface area contributed by atoms with Crippen LogP contribution in [0.1, 0.15) is 50.5 Å². The molecule has 1 aliphatic carbocycles. The Morgan fingerprint density at radius 3 is 2.57 bits per heavy atom. The third kappa shape index (κ3) is 4.27. The molecule has 4 heteroatoms. The number of hydrogen-bond donors (Lipinski definition) is 2. The van der Waals surface area contributed by atoms with Crippen molar-refractivity contribution in [2.24, 2.45) is 11.7 Å². The third-order valence-corrected chi connectivity index (χ3v) is 4.60. The molecule has 1 amide bonds. The number of amides is 1. The maximum absolute atomic E-state index is 12.6. The molecule has 1 saturated carbocycles. The van der Waals surface area contributed by atoms with Crippen molar-refractivity contribution in [3.8, 4) is 0 Å². The second-order valence-electron chi connectivity index (χ2n) is 5.98. The molecular weight excluding hydrogens is 280 g/mol. The van der Waals surface area contributed by atoms with Crippen molar-refractivity contribution in [2.75, 3.05) is 0 Å². The average molecular weight is 304 g/mol. The van der Waals surface area contributed by atoms with Crippen LogP contribution in [0.25, 0.3) is 0 Å². The molecule has 3 nitrogen and oxygen atoms in total. The van der Waals surface area contributed by atoms with Crippen LogP contribution in [0.5, 0.6) is 0 Å². The lowest BCUT2D eigenvalue weighted by Crippen LogP contribution is -2.44. The Kier molecular flexibility index (Phi) is 5.74. The SMILES string of the molecule is CC1CCCCCC1NC(=O)C(C(N)=S)c1ccccc1. The predicted molar refractivity (Wildman–Crippen MR) is 90.1 cm³/mol. The molecule has 1 aromatic rings. The van der Waals surface area contributed by atoms with E-state index in [1.807, 2.05) is 30.3 Å². The van der Waals surface area contributed by atoms with Crippen LogP contribution >= 0.6 is 12.2 Å². The van der Waals surface area contributed by atoms with Crippen LogP contribution in [0.2, 0.25) is 0 Å². The monoisotopic (exact) mass is 304 g/mol. The summed E-state index contributed by atoms with van der Waals surface area (Å²) in [5.41, 5.74) is 6.68. The van der Waals surface area contributed by atoms with Gasteiger partial charge in [0.05, 0.1) is 4.99 Å². The summed E-state index contributed by atoms with van der Waals surface area (Å²) in [6, 6.07) is 9.77. The maximum atomic E-state index is 12.6. The number of benzene rings is 1. The number of rotatable bonds is 4. The number of hydrogen-bond acceptors (Lipinski definition) is 2. The lowest BCUT2D eigenvalue weighted by atomic mass is 9.94. The summed E-state index contributed by atoms with van der Waals surface area (Å²) < 4.78 is 0. The molecule has 3 unspecified atom stereocenters. The van der Waals surface area contributed by atoms with Crippen LogP contribution in [0, 0.1) is 5.92 Å². The van der Waals surface area contributed by atoms with Gasteiger partial charge in [0.2, 0.25) is 5.91 Å². The molecule has 1 aromatic carbocycles. The molecule has 2 rings (SSSR count). The van der Waals surface area contributed by atoms with E-state index in [1.54, 1.807) is 0 Å². The summed E-state index contributed by atoms with van der Waals surface area (Å²) >= 11 is 5.12. The summed E-state index contributed by atoms with van der Waals surface area (Å²) in [5, 5.41) is 3.18. The van der Waals surface area contributed by atoms with E-state index in [1.165, 1.54) is 25.7 Å². The number of carbonyl (C=O) groups is 1. The summed E-state index contributed by atoms with van der Waals surface area (Å²) in [4.78, 5) is 12.9. The zero-order valence-corrected chi connectivity index (χ0v) is 13.4. The van der Waals surface area contributed by atoms with Gasteiger partial charge in [-0.15, -0.1) is 0 Å². The van der Waals surface area contributed by atoms with Crippen LogP contribution in [0.15, 0.2) is 30.3 Å². The number of carbonyl (C=O) groups excluding carboxylic acids is 1. The van der Waals surface area contributed by atoms with Gasteiger partial charge < -0.3 is 11.1 Å². The minimum atomic E-state index is -0.531. The first-order valence-corrected chi connectivity index (χ1v) is 8.15. The molecule has 0 aliphatic heterocycles. The van der Waals surface area contributed by atoms with Crippen LogP contribution in [0.3, 0.4) is 0 Å². The van der Waals surface area contributed by atoms with Gasteiger partial charge in [-0.25, -0.2) is 0 Å². The zero-order valence-electron chi connectivity index (χ0n) is 12.5. The Morgan fingerprint density at radius 1 is 1.24 bits per heavy atom. The van der Waals surface area contributed by atoms with Gasteiger partial charge in [0, 0.05) is 6.04 Å². The normalized spacial score (nSPS) is 23.9. The van der Waals surface area contributed by atoms with Crippen molar-refractivity contribution in [3.05, 3.63) is 35.9 Å². The Balaban J connectivity index is 2.10. The van der Waals surface area contributed by atoms with Crippen LogP contribution in [0.4, 0.5) is 0 Å². The molecule has 0 radical (unpaired) electrons. The summed E-state index contributed by atoms with van der Waals surface area (Å²) in [5.74, 6) is -0.0803. The largest absolute Gasteiger partial charge is 0.392 e. The van der Waals surface area contributed by atoms with E-state index in [4.69, 9.17) is 18.0 Å². The van der Waals surface area contributed by atoms with Crippen LogP contribution in [-0.4, -0.2) is 16.9 Å². The van der Waals surface area contributed by atoms with E-state index >= 15 is 0 Å². The van der Waals surface area contributed by atoms with Crippen molar-refractivity contribution >= 4 is 23.1 Å². The van der Waals surface area contributed by atoms with E-state index < -0.39 is 5.92 Å². The Morgan fingerprint density at radius 2 is 1.90 bits per heavy atom. The Bertz CT molecular complexity index is 489. The van der Waals surface area contributed by atoms with Crippen LogP contribution in [-0.2, 0) is 4.79 Å². The molecule has 0 aromatic heterocycles. The molecule has 1 aliphatic rings. The minimum absolute atomic E-state index is 0.0625. The van der Waals surface area contributed by atoms with Gasteiger partial charge in [-0.2, -0.15) is 0 Å². The summed E-state index contributed by atoms with van der Waals surface area (Å²) in [6.45, 7) is 2.22. The first-order chi connectivity index (χ1) is 10.1. The zero-order chi connectivity index (χ0) is 15.2. The van der Waals surface area contributed by atoms with E-state index in [-0.39, 0.29) is 16.9 Å². The number of nitrogens with two attached hydrogens (primary N) is 1. The smallest absolute Gasteiger partial charge is 0.234 e. The van der Waals surface area contributed by atoms with Gasteiger partial charge in [0.1, 0.15) is 5.92 Å². The van der Waals surface area contributed by atoms with E-state index in [0.717, 1.165) is 12.0 Å². The molecule has 114 valence electrons. The number of nitrogens with one attached hydrogen (secondary N) is 1. The molecule has 0 spiro atoms. The molecule has 1 fully saturated rings. The van der Waals surface area contributed by atoms with Crippen molar-refractivity contribution in [3.63, 3.8) is 0 Å². The summed E-state index contributed by atoms with van der Waals surface area (Å²) in [7, 11) is 0. The van der Waals surface area contributed by atoms with Gasteiger partial charge >= 0.3 is 0 Å². The fourth-order valence-corrected chi connectivity index (χ4v) is 3.31. The molecule has 3 N–H and O–H groups in total. The molecule has 21 heavy (non-hydrogen) atoms. The quantitative estimate of drug-likeness (QED) is 0.664. The van der Waals surface area contributed by atoms with Gasteiger partial charge in [-0.05, 0) is 24.3 Å². The summed E-state index contributed by atoms with van der Waals surface area (Å²) in [6.07, 6.45) is 5.91. The topological polar surface area (TPSA) is 55.1 Å². The standard InChI is InChI=1S/C17H24N2OS/c1-12-8-4-2-7-11-14(12)19-17(20)15(16(18)21)13-9-5-3-6-10-13/h3,5-6,9-10,12,14-15H,2,4,7-8,11H2,1H3,(H2,18,21)(H,19,20). The van der Waals surface area contributed by atoms with E-state index in [2.05, 4.69) is 12.2 Å². The fourth-order valence-electron chi connectivity index (χ4n) is 3.06. The van der Waals surface area contributed by atoms with Crippen molar-refractivity contribution < 1.29 is 4.79 Å². The number of thiocarbonyl (C=S) groups is 1. The molecule has 0 bridgehead atoms. The highest BCUT2D eigenvalue weighted by molar-refractivity contribution is 7.80. The highest BCUT2D eigenvalue weighted by atomic mass is 32.1. The van der Waals surface area contributed by atoms with E-state index in [9.17, 15) is 4.79 Å². The predicted octanol–water partition coefficient (Wildman–Crippen LogP) is 3.14. The minimum Gasteiger partial charge on any atom is -0.392 e. The molecular formula is C17H24N2OS. The van der Waals surface area contributed by atoms with Gasteiger partial charge in [-0.3, -0.25) is 4.79 Å². The first kappa shape index (κ1) is 16.0. The van der Waals surface area contributed by atoms with Gasteiger partial charge in [0.25, 0.3) is 0 Å². The highest BCUT2D eigenvalue weighted by Crippen LogP contribution is 2.24. The van der Waals surface area contributed by atoms with Crippen molar-refractivity contribution in [1.29, 1.82) is 0 Å². The second kappa shape index (κ2) is 7.55. The highest BCUT2D eigenvalue weighted by Gasteiger charge is 2.28. The van der Waals surface area contributed by atoms with Crippen molar-refractivity contribution in [2.45, 2.75) is 51.0 Å². The molecule has 3 atom stereocenters. The third-order valence-electron chi connectivity index (χ3n) is 4.37. The first-order valence-electron chi connectivity index (χ1n) is 7.74. The van der Waals surface area contributed by atoms with Crippen LogP contribution < -0.4 is 11.1 Å². The fraction of sp³-hybridized carbons (Fsp3) is 0.529. The average Bonchev–Trinajstić information content (AvgIpc) is 2.65. The molecule has 0 heterocycles. The Labute approximate surface area is 132 Å².